The van der Waals surface area contributed by atoms with Gasteiger partial charge in [-0.3, -0.25) is 9.59 Å². The number of hydrogen-bond donors (Lipinski definition) is 3. The van der Waals surface area contributed by atoms with Crippen LogP contribution in [0, 0.1) is 0 Å². The molecule has 5 nitrogen and oxygen atoms in total. The SMILES string of the molecule is C[C@H](CO)NC(=O)C1CCC(=O)N1. The van der Waals surface area contributed by atoms with Gasteiger partial charge in [0.2, 0.25) is 11.8 Å². The van der Waals surface area contributed by atoms with Gasteiger partial charge in [-0.05, 0) is 13.3 Å². The molecule has 0 aromatic heterocycles. The third-order valence-corrected chi connectivity index (χ3v) is 1.97. The smallest absolute Gasteiger partial charge is 0.242 e. The molecule has 0 aliphatic carbocycles. The van der Waals surface area contributed by atoms with Crippen molar-refractivity contribution in [3.05, 3.63) is 0 Å². The van der Waals surface area contributed by atoms with Crippen molar-refractivity contribution in [2.45, 2.75) is 31.8 Å². The minimum atomic E-state index is -0.415. The Balaban J connectivity index is 2.35. The van der Waals surface area contributed by atoms with Crippen LogP contribution >= 0.6 is 0 Å². The van der Waals surface area contributed by atoms with Crippen molar-refractivity contribution in [2.75, 3.05) is 6.61 Å². The number of aliphatic hydroxyl groups is 1. The van der Waals surface area contributed by atoms with E-state index in [2.05, 4.69) is 10.6 Å². The molecule has 0 saturated carbocycles. The number of aliphatic hydroxyl groups excluding tert-OH is 1. The van der Waals surface area contributed by atoms with E-state index in [-0.39, 0.29) is 24.5 Å². The first kappa shape index (κ1) is 9.98. The lowest BCUT2D eigenvalue weighted by Crippen LogP contribution is -2.46. The van der Waals surface area contributed by atoms with Gasteiger partial charge < -0.3 is 15.7 Å². The number of amides is 2. The van der Waals surface area contributed by atoms with Gasteiger partial charge in [0.15, 0.2) is 0 Å². The second-order valence-electron chi connectivity index (χ2n) is 3.25. The van der Waals surface area contributed by atoms with Crippen LogP contribution < -0.4 is 10.6 Å². The van der Waals surface area contributed by atoms with Crippen molar-refractivity contribution in [3.63, 3.8) is 0 Å². The highest BCUT2D eigenvalue weighted by Gasteiger charge is 2.27. The molecule has 1 rings (SSSR count). The Kier molecular flexibility index (Phi) is 3.25. The van der Waals surface area contributed by atoms with Crippen LogP contribution in [-0.2, 0) is 9.59 Å². The number of carbonyl (C=O) groups is 2. The van der Waals surface area contributed by atoms with Crippen LogP contribution in [0.4, 0.5) is 0 Å². The first-order chi connectivity index (χ1) is 6.13. The normalized spacial score (nSPS) is 23.8. The quantitative estimate of drug-likeness (QED) is 0.516. The fourth-order valence-corrected chi connectivity index (χ4v) is 1.20. The third-order valence-electron chi connectivity index (χ3n) is 1.97. The second kappa shape index (κ2) is 4.23. The van der Waals surface area contributed by atoms with Crippen molar-refractivity contribution < 1.29 is 14.7 Å². The Morgan fingerprint density at radius 1 is 1.85 bits per heavy atom. The molecule has 74 valence electrons. The topological polar surface area (TPSA) is 78.4 Å². The molecule has 0 spiro atoms. The predicted molar refractivity (Wildman–Crippen MR) is 45.9 cm³/mol. The van der Waals surface area contributed by atoms with E-state index in [0.717, 1.165) is 0 Å². The van der Waals surface area contributed by atoms with Gasteiger partial charge in [-0.1, -0.05) is 0 Å². The van der Waals surface area contributed by atoms with Crippen LogP contribution in [0.1, 0.15) is 19.8 Å². The summed E-state index contributed by atoms with van der Waals surface area (Å²) in [7, 11) is 0. The zero-order valence-electron chi connectivity index (χ0n) is 7.54. The summed E-state index contributed by atoms with van der Waals surface area (Å²) in [5.41, 5.74) is 0. The average Bonchev–Trinajstić information content (AvgIpc) is 2.51. The fourth-order valence-electron chi connectivity index (χ4n) is 1.20. The van der Waals surface area contributed by atoms with E-state index in [0.29, 0.717) is 12.8 Å². The van der Waals surface area contributed by atoms with Crippen LogP contribution in [-0.4, -0.2) is 35.6 Å². The van der Waals surface area contributed by atoms with Gasteiger partial charge >= 0.3 is 0 Å². The average molecular weight is 186 g/mol. The minimum absolute atomic E-state index is 0.0863. The largest absolute Gasteiger partial charge is 0.394 e. The lowest BCUT2D eigenvalue weighted by molar-refractivity contribution is -0.126. The maximum atomic E-state index is 11.3. The molecule has 0 radical (unpaired) electrons. The second-order valence-corrected chi connectivity index (χ2v) is 3.25. The molecule has 5 heteroatoms. The van der Waals surface area contributed by atoms with Gasteiger partial charge in [0.1, 0.15) is 6.04 Å². The van der Waals surface area contributed by atoms with E-state index in [9.17, 15) is 9.59 Å². The molecule has 2 atom stereocenters. The number of nitrogens with one attached hydrogen (secondary N) is 2. The van der Waals surface area contributed by atoms with E-state index < -0.39 is 6.04 Å². The third kappa shape index (κ3) is 2.69. The van der Waals surface area contributed by atoms with E-state index in [4.69, 9.17) is 5.11 Å². The van der Waals surface area contributed by atoms with Crippen LogP contribution in [0.3, 0.4) is 0 Å². The molecule has 2 amide bonds. The Morgan fingerprint density at radius 3 is 3.00 bits per heavy atom. The molecule has 1 aliphatic heterocycles. The highest BCUT2D eigenvalue weighted by Crippen LogP contribution is 2.06. The summed E-state index contributed by atoms with van der Waals surface area (Å²) >= 11 is 0. The van der Waals surface area contributed by atoms with Gasteiger partial charge in [-0.15, -0.1) is 0 Å². The summed E-state index contributed by atoms with van der Waals surface area (Å²) in [6.45, 7) is 1.61. The highest BCUT2D eigenvalue weighted by molar-refractivity contribution is 5.90. The summed E-state index contributed by atoms with van der Waals surface area (Å²) in [5.74, 6) is -0.302. The predicted octanol–water partition coefficient (Wildman–Crippen LogP) is -1.24. The first-order valence-electron chi connectivity index (χ1n) is 4.34. The molecule has 1 saturated heterocycles. The Bertz CT molecular complexity index is 217. The van der Waals surface area contributed by atoms with Crippen LogP contribution in [0.15, 0.2) is 0 Å². The first-order valence-corrected chi connectivity index (χ1v) is 4.34. The van der Waals surface area contributed by atoms with Crippen LogP contribution in [0.25, 0.3) is 0 Å². The van der Waals surface area contributed by atoms with Gasteiger partial charge in [0.25, 0.3) is 0 Å². The molecular weight excluding hydrogens is 172 g/mol. The molecule has 0 bridgehead atoms. The minimum Gasteiger partial charge on any atom is -0.394 e. The van der Waals surface area contributed by atoms with Crippen LogP contribution in [0.2, 0.25) is 0 Å². The summed E-state index contributed by atoms with van der Waals surface area (Å²) in [5, 5.41) is 13.8. The summed E-state index contributed by atoms with van der Waals surface area (Å²) in [4.78, 5) is 22.1. The van der Waals surface area contributed by atoms with E-state index in [1.54, 1.807) is 6.92 Å². The monoisotopic (exact) mass is 186 g/mol. The van der Waals surface area contributed by atoms with Crippen molar-refractivity contribution >= 4 is 11.8 Å². The Hall–Kier alpha value is -1.10. The van der Waals surface area contributed by atoms with E-state index >= 15 is 0 Å². The molecule has 1 unspecified atom stereocenters. The van der Waals surface area contributed by atoms with E-state index in [1.165, 1.54) is 0 Å². The maximum absolute atomic E-state index is 11.3. The van der Waals surface area contributed by atoms with Gasteiger partial charge in [-0.2, -0.15) is 0 Å². The van der Waals surface area contributed by atoms with Gasteiger partial charge in [-0.25, -0.2) is 0 Å². The lowest BCUT2D eigenvalue weighted by atomic mass is 10.2. The summed E-state index contributed by atoms with van der Waals surface area (Å²) < 4.78 is 0. The van der Waals surface area contributed by atoms with E-state index in [1.807, 2.05) is 0 Å². The number of hydrogen-bond acceptors (Lipinski definition) is 3. The van der Waals surface area contributed by atoms with Crippen molar-refractivity contribution in [2.24, 2.45) is 0 Å². The standard InChI is InChI=1S/C8H14N2O3/c1-5(4-11)9-8(13)6-2-3-7(12)10-6/h5-6,11H,2-4H2,1H3,(H,9,13)(H,10,12)/t5-,6?/m1/s1. The molecule has 0 aromatic rings. The van der Waals surface area contributed by atoms with Gasteiger partial charge in [0.05, 0.1) is 6.61 Å². The maximum Gasteiger partial charge on any atom is 0.242 e. The molecule has 1 heterocycles. The molecule has 13 heavy (non-hydrogen) atoms. The Labute approximate surface area is 76.5 Å². The summed E-state index contributed by atoms with van der Waals surface area (Å²) in [6.07, 6.45) is 0.953. The van der Waals surface area contributed by atoms with Crippen molar-refractivity contribution in [1.82, 2.24) is 10.6 Å². The highest BCUT2D eigenvalue weighted by atomic mass is 16.3. The van der Waals surface area contributed by atoms with Crippen LogP contribution in [0.5, 0.6) is 0 Å². The lowest BCUT2D eigenvalue weighted by Gasteiger charge is -2.14. The fraction of sp³-hybridized carbons (Fsp3) is 0.750. The van der Waals surface area contributed by atoms with Gasteiger partial charge in [0, 0.05) is 12.5 Å². The Morgan fingerprint density at radius 2 is 2.54 bits per heavy atom. The number of rotatable bonds is 3. The zero-order chi connectivity index (χ0) is 9.84. The molecule has 0 aromatic carbocycles. The zero-order valence-corrected chi connectivity index (χ0v) is 7.54. The molecule has 1 fully saturated rings. The molecular formula is C8H14N2O3. The number of carbonyl (C=O) groups excluding carboxylic acids is 2. The summed E-state index contributed by atoms with van der Waals surface area (Å²) in [6, 6.07) is -0.675. The van der Waals surface area contributed by atoms with Crippen molar-refractivity contribution in [1.29, 1.82) is 0 Å². The molecule has 3 N–H and O–H groups in total. The van der Waals surface area contributed by atoms with Crippen molar-refractivity contribution in [3.8, 4) is 0 Å². The molecule has 1 aliphatic rings.